The van der Waals surface area contributed by atoms with Crippen molar-refractivity contribution < 1.29 is 22.9 Å². The van der Waals surface area contributed by atoms with Crippen LogP contribution in [-0.4, -0.2) is 34.0 Å². The maximum Gasteiger partial charge on any atom is 0.335 e. The summed E-state index contributed by atoms with van der Waals surface area (Å²) in [6.45, 7) is 0. The van der Waals surface area contributed by atoms with E-state index in [0.29, 0.717) is 16.7 Å². The van der Waals surface area contributed by atoms with Crippen molar-refractivity contribution in [1.29, 1.82) is 0 Å². The van der Waals surface area contributed by atoms with Crippen LogP contribution in [0.2, 0.25) is 0 Å². The zero-order valence-electron chi connectivity index (χ0n) is 15.0. The van der Waals surface area contributed by atoms with Gasteiger partial charge in [-0.2, -0.15) is 8.42 Å². The summed E-state index contributed by atoms with van der Waals surface area (Å²) in [4.78, 5) is 16.8. The molecule has 0 aliphatic heterocycles. The number of para-hydroxylation sites is 1. The quantitative estimate of drug-likeness (QED) is 0.298. The number of imidazole rings is 1. The summed E-state index contributed by atoms with van der Waals surface area (Å²) < 4.78 is 31.3. The molecular formula is C20H17N3O5S. The molecule has 148 valence electrons. The normalized spacial score (nSPS) is 10.9. The topological polar surface area (TPSA) is 146 Å². The lowest BCUT2D eigenvalue weighted by Gasteiger charge is -2.01. The Kier molecular flexibility index (Phi) is 5.62. The van der Waals surface area contributed by atoms with Gasteiger partial charge in [0, 0.05) is 11.3 Å². The lowest BCUT2D eigenvalue weighted by molar-refractivity contribution is 0.0697. The first kappa shape index (κ1) is 20.1. The SMILES string of the molecule is Nc1ccc(C(=O)O)cc1.O=S(=O)(O)c1nc2c(-c3ccccc3)cccc2[nH]1. The summed E-state index contributed by atoms with van der Waals surface area (Å²) in [5.74, 6) is -0.931. The molecule has 29 heavy (non-hydrogen) atoms. The Balaban J connectivity index is 0.000000204. The predicted molar refractivity (Wildman–Crippen MR) is 109 cm³/mol. The number of aromatic nitrogens is 2. The van der Waals surface area contributed by atoms with Gasteiger partial charge in [-0.1, -0.05) is 42.5 Å². The Hall–Kier alpha value is -3.69. The fourth-order valence-corrected chi connectivity index (χ4v) is 3.05. The predicted octanol–water partition coefficient (Wildman–Crippen LogP) is 3.44. The van der Waals surface area contributed by atoms with Gasteiger partial charge in [-0.25, -0.2) is 9.78 Å². The molecule has 0 unspecified atom stereocenters. The summed E-state index contributed by atoms with van der Waals surface area (Å²) in [6, 6.07) is 20.9. The standard InChI is InChI=1S/C13H10N2O3S.C7H7NO2/c16-19(17,18)13-14-11-8-4-7-10(12(11)15-13)9-5-2-1-3-6-9;8-6-3-1-5(2-4-6)7(9)10/h1-8H,(H,14,15)(H,16,17,18);1-4H,8H2,(H,9,10). The molecule has 0 spiro atoms. The van der Waals surface area contributed by atoms with E-state index in [2.05, 4.69) is 9.97 Å². The molecule has 4 rings (SSSR count). The molecular weight excluding hydrogens is 394 g/mol. The number of nitrogens with two attached hydrogens (primary N) is 1. The molecule has 4 aromatic rings. The van der Waals surface area contributed by atoms with Crippen LogP contribution in [0, 0.1) is 0 Å². The lowest BCUT2D eigenvalue weighted by atomic mass is 10.0. The van der Waals surface area contributed by atoms with Gasteiger partial charge in [-0.3, -0.25) is 4.55 Å². The summed E-state index contributed by atoms with van der Waals surface area (Å²) in [5, 5.41) is 8.00. The van der Waals surface area contributed by atoms with Crippen LogP contribution in [0.25, 0.3) is 22.2 Å². The molecule has 8 nitrogen and oxygen atoms in total. The van der Waals surface area contributed by atoms with E-state index in [1.807, 2.05) is 36.4 Å². The van der Waals surface area contributed by atoms with Crippen LogP contribution in [0.3, 0.4) is 0 Å². The van der Waals surface area contributed by atoms with Crippen molar-refractivity contribution in [2.75, 3.05) is 5.73 Å². The molecule has 9 heteroatoms. The average molecular weight is 411 g/mol. The average Bonchev–Trinajstić information content (AvgIpc) is 3.14. The smallest absolute Gasteiger partial charge is 0.335 e. The molecule has 0 atom stereocenters. The van der Waals surface area contributed by atoms with Crippen molar-refractivity contribution in [1.82, 2.24) is 9.97 Å². The number of nitrogens with zero attached hydrogens (tertiary/aromatic N) is 1. The maximum atomic E-state index is 11.1. The summed E-state index contributed by atoms with van der Waals surface area (Å²) in [7, 11) is -4.33. The van der Waals surface area contributed by atoms with Crippen LogP contribution < -0.4 is 5.73 Å². The number of benzene rings is 3. The van der Waals surface area contributed by atoms with E-state index in [0.717, 1.165) is 11.1 Å². The Morgan fingerprint density at radius 3 is 2.17 bits per heavy atom. The number of nitrogen functional groups attached to an aromatic ring is 1. The summed E-state index contributed by atoms with van der Waals surface area (Å²) >= 11 is 0. The van der Waals surface area contributed by atoms with Crippen molar-refractivity contribution in [3.05, 3.63) is 78.4 Å². The van der Waals surface area contributed by atoms with Crippen molar-refractivity contribution in [2.45, 2.75) is 5.16 Å². The number of carboxylic acid groups (broad SMARTS) is 1. The summed E-state index contributed by atoms with van der Waals surface area (Å²) in [6.07, 6.45) is 0. The molecule has 3 aromatic carbocycles. The van der Waals surface area contributed by atoms with Gasteiger partial charge in [0.05, 0.1) is 16.6 Å². The minimum atomic E-state index is -4.33. The number of hydrogen-bond donors (Lipinski definition) is 4. The molecule has 5 N–H and O–H groups in total. The van der Waals surface area contributed by atoms with Gasteiger partial charge in [0.15, 0.2) is 0 Å². The zero-order valence-corrected chi connectivity index (χ0v) is 15.8. The number of aromatic carboxylic acids is 1. The van der Waals surface area contributed by atoms with Gasteiger partial charge in [0.25, 0.3) is 5.16 Å². The second-order valence-corrected chi connectivity index (χ2v) is 7.35. The van der Waals surface area contributed by atoms with Crippen LogP contribution in [0.15, 0.2) is 78.0 Å². The molecule has 1 aromatic heterocycles. The molecule has 0 saturated heterocycles. The highest BCUT2D eigenvalue weighted by molar-refractivity contribution is 7.85. The number of carboxylic acids is 1. The monoisotopic (exact) mass is 411 g/mol. The minimum Gasteiger partial charge on any atom is -0.478 e. The molecule has 0 fully saturated rings. The van der Waals surface area contributed by atoms with Crippen molar-refractivity contribution >= 4 is 32.8 Å². The van der Waals surface area contributed by atoms with E-state index < -0.39 is 21.2 Å². The van der Waals surface area contributed by atoms with E-state index >= 15 is 0 Å². The first-order chi connectivity index (χ1) is 13.8. The first-order valence-electron chi connectivity index (χ1n) is 8.36. The highest BCUT2D eigenvalue weighted by atomic mass is 32.2. The van der Waals surface area contributed by atoms with Crippen molar-refractivity contribution in [3.63, 3.8) is 0 Å². The van der Waals surface area contributed by atoms with Crippen LogP contribution in [0.1, 0.15) is 10.4 Å². The van der Waals surface area contributed by atoms with Gasteiger partial charge >= 0.3 is 16.1 Å². The molecule has 0 radical (unpaired) electrons. The van der Waals surface area contributed by atoms with Crippen LogP contribution in [-0.2, 0) is 10.1 Å². The third kappa shape index (κ3) is 4.78. The van der Waals surface area contributed by atoms with E-state index in [1.54, 1.807) is 24.3 Å². The van der Waals surface area contributed by atoms with E-state index in [9.17, 15) is 13.2 Å². The number of H-pyrrole nitrogens is 1. The van der Waals surface area contributed by atoms with Crippen LogP contribution in [0.4, 0.5) is 5.69 Å². The number of rotatable bonds is 3. The Morgan fingerprint density at radius 2 is 1.59 bits per heavy atom. The van der Waals surface area contributed by atoms with E-state index in [-0.39, 0.29) is 5.56 Å². The van der Waals surface area contributed by atoms with Crippen LogP contribution in [0.5, 0.6) is 0 Å². The largest absolute Gasteiger partial charge is 0.478 e. The highest BCUT2D eigenvalue weighted by Gasteiger charge is 2.17. The molecule has 0 amide bonds. The highest BCUT2D eigenvalue weighted by Crippen LogP contribution is 2.27. The first-order valence-corrected chi connectivity index (χ1v) is 9.80. The number of fused-ring (bicyclic) bond motifs is 1. The van der Waals surface area contributed by atoms with Crippen molar-refractivity contribution in [3.8, 4) is 11.1 Å². The number of hydrogen-bond acceptors (Lipinski definition) is 5. The minimum absolute atomic E-state index is 0.259. The Morgan fingerprint density at radius 1 is 0.931 bits per heavy atom. The number of aromatic amines is 1. The number of nitrogens with one attached hydrogen (secondary N) is 1. The molecule has 0 saturated carbocycles. The number of carbonyl (C=O) groups is 1. The number of anilines is 1. The zero-order chi connectivity index (χ0) is 21.0. The fraction of sp³-hybridized carbons (Fsp3) is 0. The van der Waals surface area contributed by atoms with E-state index in [4.69, 9.17) is 15.4 Å². The second kappa shape index (κ2) is 8.13. The Bertz CT molecular complexity index is 1250. The van der Waals surface area contributed by atoms with Gasteiger partial charge in [0.2, 0.25) is 0 Å². The fourth-order valence-electron chi connectivity index (χ4n) is 2.61. The molecule has 0 bridgehead atoms. The lowest BCUT2D eigenvalue weighted by Crippen LogP contribution is -1.99. The third-order valence-corrected chi connectivity index (χ3v) is 4.66. The maximum absolute atomic E-state index is 11.1. The molecule has 0 aliphatic carbocycles. The molecule has 1 heterocycles. The van der Waals surface area contributed by atoms with Gasteiger partial charge in [0.1, 0.15) is 0 Å². The van der Waals surface area contributed by atoms with Gasteiger partial charge in [-0.15, -0.1) is 0 Å². The van der Waals surface area contributed by atoms with Gasteiger partial charge in [-0.05, 0) is 35.9 Å². The molecule has 0 aliphatic rings. The van der Waals surface area contributed by atoms with Crippen LogP contribution >= 0.6 is 0 Å². The van der Waals surface area contributed by atoms with Gasteiger partial charge < -0.3 is 15.8 Å². The van der Waals surface area contributed by atoms with Crippen molar-refractivity contribution in [2.24, 2.45) is 0 Å². The Labute approximate surface area is 166 Å². The summed E-state index contributed by atoms with van der Waals surface area (Å²) in [5.41, 5.74) is 8.99. The van der Waals surface area contributed by atoms with E-state index in [1.165, 1.54) is 12.1 Å². The second-order valence-electron chi connectivity index (χ2n) is 6.01. The third-order valence-electron chi connectivity index (χ3n) is 3.98.